The molecule has 3 aromatic carbocycles. The second-order valence-corrected chi connectivity index (χ2v) is 8.53. The first kappa shape index (κ1) is 22.3. The third-order valence-electron chi connectivity index (χ3n) is 6.24. The Balaban J connectivity index is 1.36. The number of rotatable bonds is 3. The van der Waals surface area contributed by atoms with Gasteiger partial charge in [-0.3, -0.25) is 0 Å². The number of carbonyl (C=O) groups excluding carboxylic acids is 1. The van der Waals surface area contributed by atoms with Gasteiger partial charge in [0.2, 0.25) is 0 Å². The summed E-state index contributed by atoms with van der Waals surface area (Å²) in [6.07, 6.45) is 0. The van der Waals surface area contributed by atoms with Crippen LogP contribution in [-0.4, -0.2) is 46.8 Å². The normalized spacial score (nSPS) is 15.6. The maximum absolute atomic E-state index is 13.4. The summed E-state index contributed by atoms with van der Waals surface area (Å²) in [6.45, 7) is 3.72. The molecule has 1 fully saturated rings. The zero-order chi connectivity index (χ0) is 24.4. The van der Waals surface area contributed by atoms with Gasteiger partial charge in [-0.2, -0.15) is 5.26 Å². The van der Waals surface area contributed by atoms with E-state index < -0.39 is 0 Å². The van der Waals surface area contributed by atoms with E-state index >= 15 is 0 Å². The van der Waals surface area contributed by atoms with Gasteiger partial charge in [-0.1, -0.05) is 24.3 Å². The number of urea groups is 1. The highest BCUT2D eigenvalue weighted by Crippen LogP contribution is 2.33. The number of fused-ring (bicyclic) bond motifs is 1. The number of benzene rings is 3. The van der Waals surface area contributed by atoms with Crippen LogP contribution in [0, 0.1) is 17.1 Å². The number of aromatic nitrogens is 2. The number of halogens is 1. The van der Waals surface area contributed by atoms with Gasteiger partial charge in [-0.25, -0.2) is 9.18 Å². The van der Waals surface area contributed by atoms with Crippen molar-refractivity contribution in [3.05, 3.63) is 84.2 Å². The first-order chi connectivity index (χ1) is 17.0. The molecule has 2 heterocycles. The Morgan fingerprint density at radius 3 is 2.40 bits per heavy atom. The fourth-order valence-corrected chi connectivity index (χ4v) is 4.41. The largest absolute Gasteiger partial charge is 0.348 e. The summed E-state index contributed by atoms with van der Waals surface area (Å²) in [6, 6.07) is 22.9. The fourth-order valence-electron chi connectivity index (χ4n) is 4.41. The van der Waals surface area contributed by atoms with Gasteiger partial charge < -0.3 is 15.1 Å². The van der Waals surface area contributed by atoms with Crippen LogP contribution in [0.2, 0.25) is 0 Å². The molecule has 0 aliphatic carbocycles. The van der Waals surface area contributed by atoms with Crippen LogP contribution in [0.25, 0.3) is 22.0 Å². The van der Waals surface area contributed by atoms with E-state index in [0.29, 0.717) is 36.6 Å². The maximum Gasteiger partial charge on any atom is 0.321 e. The van der Waals surface area contributed by atoms with E-state index in [1.54, 1.807) is 41.3 Å². The van der Waals surface area contributed by atoms with Crippen LogP contribution in [0.4, 0.5) is 20.7 Å². The highest BCUT2D eigenvalue weighted by atomic mass is 19.1. The summed E-state index contributed by atoms with van der Waals surface area (Å²) in [5.74, 6) is 0.476. The zero-order valence-corrected chi connectivity index (χ0v) is 19.1. The lowest BCUT2D eigenvalue weighted by molar-refractivity contribution is 0.200. The Morgan fingerprint density at radius 2 is 1.71 bits per heavy atom. The van der Waals surface area contributed by atoms with E-state index in [-0.39, 0.29) is 17.9 Å². The van der Waals surface area contributed by atoms with Gasteiger partial charge in [-0.05, 0) is 55.5 Å². The molecule has 5 rings (SSSR count). The summed E-state index contributed by atoms with van der Waals surface area (Å²) in [4.78, 5) is 16.8. The molecular weight excluding hydrogens is 443 g/mol. The van der Waals surface area contributed by atoms with E-state index in [2.05, 4.69) is 33.4 Å². The first-order valence-electron chi connectivity index (χ1n) is 11.4. The second-order valence-electron chi connectivity index (χ2n) is 8.53. The minimum Gasteiger partial charge on any atom is -0.348 e. The number of nitriles is 1. The van der Waals surface area contributed by atoms with Gasteiger partial charge in [0.1, 0.15) is 11.5 Å². The molecule has 35 heavy (non-hydrogen) atoms. The van der Waals surface area contributed by atoms with Crippen LogP contribution < -0.4 is 10.2 Å². The quantitative estimate of drug-likeness (QED) is 0.457. The van der Waals surface area contributed by atoms with Crippen LogP contribution in [-0.2, 0) is 0 Å². The molecule has 1 atom stereocenters. The summed E-state index contributed by atoms with van der Waals surface area (Å²) < 4.78 is 13.4. The Morgan fingerprint density at radius 1 is 1.00 bits per heavy atom. The average Bonchev–Trinajstić information content (AvgIpc) is 2.89. The van der Waals surface area contributed by atoms with E-state index in [1.807, 2.05) is 24.3 Å². The molecule has 8 heteroatoms. The molecule has 2 amide bonds. The van der Waals surface area contributed by atoms with Crippen LogP contribution in [0.3, 0.4) is 0 Å². The monoisotopic (exact) mass is 466 g/mol. The molecule has 0 bridgehead atoms. The number of piperazine rings is 1. The zero-order valence-electron chi connectivity index (χ0n) is 19.1. The molecule has 1 aliphatic rings. The number of hydrogen-bond acceptors (Lipinski definition) is 5. The Hall–Kier alpha value is -4.51. The highest BCUT2D eigenvalue weighted by molar-refractivity contribution is 6.00. The van der Waals surface area contributed by atoms with Crippen molar-refractivity contribution in [3.8, 4) is 17.3 Å². The van der Waals surface area contributed by atoms with E-state index in [4.69, 9.17) is 5.26 Å². The first-order valence-corrected chi connectivity index (χ1v) is 11.4. The fraction of sp³-hybridized carbons (Fsp3) is 0.185. The van der Waals surface area contributed by atoms with E-state index in [0.717, 1.165) is 22.2 Å². The molecule has 1 aliphatic heterocycles. The van der Waals surface area contributed by atoms with Crippen molar-refractivity contribution in [2.45, 2.75) is 13.0 Å². The number of hydrogen-bond donors (Lipinski definition) is 1. The van der Waals surface area contributed by atoms with Crippen molar-refractivity contribution >= 4 is 28.3 Å². The number of anilines is 2. The van der Waals surface area contributed by atoms with Gasteiger partial charge >= 0.3 is 6.03 Å². The predicted molar refractivity (Wildman–Crippen MR) is 133 cm³/mol. The van der Waals surface area contributed by atoms with Gasteiger partial charge in [0.05, 0.1) is 11.6 Å². The van der Waals surface area contributed by atoms with E-state index in [9.17, 15) is 9.18 Å². The van der Waals surface area contributed by atoms with E-state index in [1.165, 1.54) is 12.1 Å². The molecule has 0 radical (unpaired) electrons. The maximum atomic E-state index is 13.4. The van der Waals surface area contributed by atoms with Crippen molar-refractivity contribution in [1.29, 1.82) is 5.26 Å². The standard InChI is InChI=1S/C27H23FN6O/c1-18-17-33(27(35)30-22-12-6-19(16-29)7-13-22)14-15-34(18)26-24-5-3-2-4-23(24)25(31-32-26)20-8-10-21(28)11-9-20/h2-13,18H,14-15,17H2,1H3,(H,30,35)/t18-/m1/s1. The van der Waals surface area contributed by atoms with Crippen LogP contribution in [0.15, 0.2) is 72.8 Å². The number of carbonyl (C=O) groups is 1. The second kappa shape index (κ2) is 9.39. The van der Waals surface area contributed by atoms with Crippen LogP contribution >= 0.6 is 0 Å². The Labute approximate surface area is 202 Å². The lowest BCUT2D eigenvalue weighted by Gasteiger charge is -2.40. The predicted octanol–water partition coefficient (Wildman–Crippen LogP) is 5.05. The molecule has 174 valence electrons. The number of nitrogens with zero attached hydrogens (tertiary/aromatic N) is 5. The number of amides is 2. The number of nitrogens with one attached hydrogen (secondary N) is 1. The van der Waals surface area contributed by atoms with Crippen LogP contribution in [0.1, 0.15) is 12.5 Å². The summed E-state index contributed by atoms with van der Waals surface area (Å²) in [5.41, 5.74) is 2.71. The summed E-state index contributed by atoms with van der Waals surface area (Å²) in [5, 5.41) is 22.8. The van der Waals surface area contributed by atoms with Crippen molar-refractivity contribution in [2.75, 3.05) is 29.9 Å². The lowest BCUT2D eigenvalue weighted by Crippen LogP contribution is -2.55. The summed E-state index contributed by atoms with van der Waals surface area (Å²) in [7, 11) is 0. The molecule has 7 nitrogen and oxygen atoms in total. The van der Waals surface area contributed by atoms with Crippen molar-refractivity contribution in [3.63, 3.8) is 0 Å². The summed E-state index contributed by atoms with van der Waals surface area (Å²) >= 11 is 0. The van der Waals surface area contributed by atoms with Crippen molar-refractivity contribution in [1.82, 2.24) is 15.1 Å². The molecular formula is C27H23FN6O. The van der Waals surface area contributed by atoms with Gasteiger partial charge in [0, 0.05) is 47.7 Å². The SMILES string of the molecule is C[C@@H]1CN(C(=O)Nc2ccc(C#N)cc2)CCN1c1nnc(-c2ccc(F)cc2)c2ccccc12. The molecule has 0 unspecified atom stereocenters. The third-order valence-corrected chi connectivity index (χ3v) is 6.24. The molecule has 0 saturated carbocycles. The minimum absolute atomic E-state index is 0.0184. The Bertz CT molecular complexity index is 1410. The van der Waals surface area contributed by atoms with Gasteiger partial charge in [0.25, 0.3) is 0 Å². The van der Waals surface area contributed by atoms with Crippen molar-refractivity contribution < 1.29 is 9.18 Å². The lowest BCUT2D eigenvalue weighted by atomic mass is 10.0. The molecule has 1 saturated heterocycles. The van der Waals surface area contributed by atoms with Crippen molar-refractivity contribution in [2.24, 2.45) is 0 Å². The molecule has 4 aromatic rings. The topological polar surface area (TPSA) is 85.2 Å². The molecule has 1 aromatic heterocycles. The molecule has 0 spiro atoms. The highest BCUT2D eigenvalue weighted by Gasteiger charge is 2.29. The average molecular weight is 467 g/mol. The van der Waals surface area contributed by atoms with Crippen LogP contribution in [0.5, 0.6) is 0 Å². The molecule has 1 N–H and O–H groups in total. The van der Waals surface area contributed by atoms with Gasteiger partial charge in [0.15, 0.2) is 5.82 Å². The minimum atomic E-state index is -0.294. The third kappa shape index (κ3) is 4.49. The smallest absolute Gasteiger partial charge is 0.321 e. The Kier molecular flexibility index (Phi) is 5.98. The van der Waals surface area contributed by atoms with Gasteiger partial charge in [-0.15, -0.1) is 10.2 Å².